The van der Waals surface area contributed by atoms with Crippen molar-refractivity contribution >= 4 is 0 Å². The van der Waals surface area contributed by atoms with E-state index in [0.29, 0.717) is 6.61 Å². The average Bonchev–Trinajstić information content (AvgIpc) is 2.34. The highest BCUT2D eigenvalue weighted by Crippen LogP contribution is 2.28. The molecule has 62 valence electrons. The van der Waals surface area contributed by atoms with Gasteiger partial charge >= 0.3 is 0 Å². The second-order valence-electron chi connectivity index (χ2n) is 3.19. The van der Waals surface area contributed by atoms with E-state index in [4.69, 9.17) is 11.2 Å². The van der Waals surface area contributed by atoms with Crippen molar-refractivity contribution in [2.75, 3.05) is 26.7 Å². The van der Waals surface area contributed by atoms with Gasteiger partial charge < -0.3 is 9.74 Å². The molecule has 0 radical (unpaired) electrons. The zero-order chi connectivity index (χ0) is 8.32. The van der Waals surface area contributed by atoms with Crippen molar-refractivity contribution in [3.05, 3.63) is 0 Å². The molecule has 1 aliphatic heterocycles. The van der Waals surface area contributed by atoms with Crippen LogP contribution in [0.3, 0.4) is 0 Å². The molecule has 0 bridgehead atoms. The molecule has 1 rings (SSSR count). The van der Waals surface area contributed by atoms with E-state index in [1.54, 1.807) is 0 Å². The van der Waals surface area contributed by atoms with Crippen LogP contribution in [0.1, 0.15) is 6.42 Å². The lowest BCUT2D eigenvalue weighted by Crippen LogP contribution is -2.29. The van der Waals surface area contributed by atoms with E-state index < -0.39 is 0 Å². The van der Waals surface area contributed by atoms with E-state index in [9.17, 15) is 0 Å². The first kappa shape index (κ1) is 8.47. The Kier molecular flexibility index (Phi) is 2.45. The molecular formula is C7H13N3O. The highest BCUT2D eigenvalue weighted by Gasteiger charge is 2.37. The maximum Gasteiger partial charge on any atom is 0.0964 e. The Morgan fingerprint density at radius 3 is 2.91 bits per heavy atom. The molecule has 1 aliphatic rings. The molecule has 2 N–H and O–H groups in total. The summed E-state index contributed by atoms with van der Waals surface area (Å²) in [4.78, 5) is 6.63. The summed E-state index contributed by atoms with van der Waals surface area (Å²) < 4.78 is 0. The fourth-order valence-electron chi connectivity index (χ4n) is 1.48. The van der Waals surface area contributed by atoms with Crippen LogP contribution in [0.25, 0.3) is 0 Å². The molecule has 0 aromatic heterocycles. The Bertz CT molecular complexity index is 173. The molecular weight excluding hydrogens is 142 g/mol. The van der Waals surface area contributed by atoms with Gasteiger partial charge in [-0.05, 0) is 20.0 Å². The van der Waals surface area contributed by atoms with Crippen LogP contribution in [0.5, 0.6) is 0 Å². The minimum atomic E-state index is -0.358. The third-order valence-electron chi connectivity index (χ3n) is 2.14. The van der Waals surface area contributed by atoms with Gasteiger partial charge in [-0.15, -0.1) is 0 Å². The molecule has 1 unspecified atom stereocenters. The second-order valence-corrected chi connectivity index (χ2v) is 3.19. The number of nitrogens with two attached hydrogens (primary N) is 1. The largest absolute Gasteiger partial charge is 0.305 e. The highest BCUT2D eigenvalue weighted by atomic mass is 16.6. The fraction of sp³-hybridized carbons (Fsp3) is 0.857. The lowest BCUT2D eigenvalue weighted by molar-refractivity contribution is 0.0765. The summed E-state index contributed by atoms with van der Waals surface area (Å²) in [6.45, 7) is 2.06. The normalized spacial score (nSPS) is 32.1. The molecule has 0 aromatic rings. The predicted molar refractivity (Wildman–Crippen MR) is 40.3 cm³/mol. The molecule has 0 aliphatic carbocycles. The maximum absolute atomic E-state index is 8.85. The Balaban J connectivity index is 2.57. The van der Waals surface area contributed by atoms with Crippen molar-refractivity contribution in [2.24, 2.45) is 11.3 Å². The van der Waals surface area contributed by atoms with Crippen molar-refractivity contribution in [3.8, 4) is 6.07 Å². The van der Waals surface area contributed by atoms with Gasteiger partial charge in [-0.3, -0.25) is 0 Å². The summed E-state index contributed by atoms with van der Waals surface area (Å²) in [7, 11) is 2.00. The molecule has 1 fully saturated rings. The van der Waals surface area contributed by atoms with Crippen molar-refractivity contribution in [3.63, 3.8) is 0 Å². The first-order valence-corrected chi connectivity index (χ1v) is 3.64. The van der Waals surface area contributed by atoms with E-state index in [1.807, 2.05) is 7.05 Å². The van der Waals surface area contributed by atoms with Gasteiger partial charge in [0.15, 0.2) is 0 Å². The Labute approximate surface area is 66.5 Å². The SMILES string of the molecule is CN1CCC(C#N)(CON)C1. The monoisotopic (exact) mass is 155 g/mol. The van der Waals surface area contributed by atoms with Crippen LogP contribution in [0.4, 0.5) is 0 Å². The van der Waals surface area contributed by atoms with Crippen LogP contribution in [-0.2, 0) is 4.84 Å². The van der Waals surface area contributed by atoms with Crippen molar-refractivity contribution in [2.45, 2.75) is 6.42 Å². The van der Waals surface area contributed by atoms with Gasteiger partial charge in [0.1, 0.15) is 0 Å². The fourth-order valence-corrected chi connectivity index (χ4v) is 1.48. The number of nitrogens with zero attached hydrogens (tertiary/aromatic N) is 2. The lowest BCUT2D eigenvalue weighted by Gasteiger charge is -2.17. The molecule has 4 nitrogen and oxygen atoms in total. The van der Waals surface area contributed by atoms with E-state index in [2.05, 4.69) is 15.8 Å². The second kappa shape index (κ2) is 3.18. The van der Waals surface area contributed by atoms with Gasteiger partial charge in [-0.25, -0.2) is 5.90 Å². The first-order valence-electron chi connectivity index (χ1n) is 3.64. The van der Waals surface area contributed by atoms with Crippen LogP contribution < -0.4 is 5.90 Å². The molecule has 0 amide bonds. The zero-order valence-corrected chi connectivity index (χ0v) is 6.71. The number of hydrogen-bond donors (Lipinski definition) is 1. The Morgan fingerprint density at radius 2 is 2.55 bits per heavy atom. The number of rotatable bonds is 2. The predicted octanol–water partition coefficient (Wildman–Crippen LogP) is -0.278. The number of likely N-dealkylation sites (tertiary alicyclic amines) is 1. The molecule has 0 aromatic carbocycles. The van der Waals surface area contributed by atoms with Crippen molar-refractivity contribution in [1.82, 2.24) is 4.90 Å². The van der Waals surface area contributed by atoms with Crippen molar-refractivity contribution in [1.29, 1.82) is 5.26 Å². The lowest BCUT2D eigenvalue weighted by atomic mass is 9.90. The van der Waals surface area contributed by atoms with E-state index in [0.717, 1.165) is 19.5 Å². The van der Waals surface area contributed by atoms with Crippen LogP contribution in [0.15, 0.2) is 0 Å². The molecule has 1 saturated heterocycles. The molecule has 1 heterocycles. The van der Waals surface area contributed by atoms with Gasteiger partial charge in [0, 0.05) is 6.54 Å². The summed E-state index contributed by atoms with van der Waals surface area (Å²) in [6.07, 6.45) is 0.858. The minimum Gasteiger partial charge on any atom is -0.305 e. The maximum atomic E-state index is 8.85. The quantitative estimate of drug-likeness (QED) is 0.557. The molecule has 11 heavy (non-hydrogen) atoms. The van der Waals surface area contributed by atoms with Crippen LogP contribution in [-0.4, -0.2) is 31.6 Å². The van der Waals surface area contributed by atoms with Gasteiger partial charge in [-0.1, -0.05) is 0 Å². The van der Waals surface area contributed by atoms with E-state index in [-0.39, 0.29) is 5.41 Å². The van der Waals surface area contributed by atoms with Crippen molar-refractivity contribution < 1.29 is 4.84 Å². The minimum absolute atomic E-state index is 0.341. The molecule has 1 atom stereocenters. The first-order chi connectivity index (χ1) is 5.22. The third-order valence-corrected chi connectivity index (χ3v) is 2.14. The zero-order valence-electron chi connectivity index (χ0n) is 6.71. The average molecular weight is 155 g/mol. The molecule has 4 heteroatoms. The summed E-state index contributed by atoms with van der Waals surface area (Å²) in [6, 6.07) is 2.26. The van der Waals surface area contributed by atoms with Gasteiger partial charge in [0.05, 0.1) is 18.1 Å². The topological polar surface area (TPSA) is 62.3 Å². The van der Waals surface area contributed by atoms with Gasteiger partial charge in [0.25, 0.3) is 0 Å². The highest BCUT2D eigenvalue weighted by molar-refractivity contribution is 5.04. The summed E-state index contributed by atoms with van der Waals surface area (Å²) in [5.41, 5.74) is -0.358. The third kappa shape index (κ3) is 1.69. The van der Waals surface area contributed by atoms with Crippen LogP contribution in [0.2, 0.25) is 0 Å². The van der Waals surface area contributed by atoms with Gasteiger partial charge in [0.2, 0.25) is 0 Å². The number of hydrogen-bond acceptors (Lipinski definition) is 4. The van der Waals surface area contributed by atoms with Gasteiger partial charge in [-0.2, -0.15) is 5.26 Å². The summed E-state index contributed by atoms with van der Waals surface area (Å²) >= 11 is 0. The summed E-state index contributed by atoms with van der Waals surface area (Å²) in [5.74, 6) is 4.94. The standard InChI is InChI=1S/C7H13N3O/c1-10-3-2-7(4-8,5-10)6-11-9/h2-3,5-6,9H2,1H3. The van der Waals surface area contributed by atoms with E-state index in [1.165, 1.54) is 0 Å². The smallest absolute Gasteiger partial charge is 0.0964 e. The molecule has 0 saturated carbocycles. The van der Waals surface area contributed by atoms with E-state index >= 15 is 0 Å². The Hall–Kier alpha value is -0.630. The van der Waals surface area contributed by atoms with Crippen LogP contribution >= 0.6 is 0 Å². The van der Waals surface area contributed by atoms with Crippen LogP contribution in [0, 0.1) is 16.7 Å². The number of nitriles is 1. The summed E-state index contributed by atoms with van der Waals surface area (Å²) in [5, 5.41) is 8.85. The Morgan fingerprint density at radius 1 is 1.82 bits per heavy atom. The molecule has 0 spiro atoms.